The Morgan fingerprint density at radius 1 is 1.11 bits per heavy atom. The fraction of sp³-hybridized carbons (Fsp3) is 0.450. The molecule has 8 heteroatoms. The molecule has 7 nitrogen and oxygen atoms in total. The van der Waals surface area contributed by atoms with Gasteiger partial charge in [-0.3, -0.25) is 13.9 Å². The van der Waals surface area contributed by atoms with E-state index < -0.39 is 17.1 Å². The predicted molar refractivity (Wildman–Crippen MR) is 106 cm³/mol. The summed E-state index contributed by atoms with van der Waals surface area (Å²) in [5, 5.41) is 0. The molecule has 0 unspecified atom stereocenters. The molecule has 148 valence electrons. The Morgan fingerprint density at radius 2 is 1.79 bits per heavy atom. The SMILES string of the molecule is CC1CCN(c2nc3c(c(=O)n(Cc4ccccc4F)c(=O)n3C)n2C)CC1. The molecule has 0 bridgehead atoms. The van der Waals surface area contributed by atoms with Crippen LogP contribution in [0.5, 0.6) is 0 Å². The molecule has 0 aliphatic carbocycles. The van der Waals surface area contributed by atoms with Gasteiger partial charge < -0.3 is 9.47 Å². The van der Waals surface area contributed by atoms with E-state index in [1.807, 2.05) is 0 Å². The molecule has 1 fully saturated rings. The summed E-state index contributed by atoms with van der Waals surface area (Å²) in [7, 11) is 3.39. The molecule has 28 heavy (non-hydrogen) atoms. The summed E-state index contributed by atoms with van der Waals surface area (Å²) in [5.74, 6) is 0.926. The van der Waals surface area contributed by atoms with E-state index in [1.165, 1.54) is 10.6 Å². The zero-order valence-corrected chi connectivity index (χ0v) is 16.4. The van der Waals surface area contributed by atoms with E-state index in [4.69, 9.17) is 0 Å². The second-order valence-corrected chi connectivity index (χ2v) is 7.64. The van der Waals surface area contributed by atoms with Gasteiger partial charge in [-0.1, -0.05) is 25.1 Å². The van der Waals surface area contributed by atoms with Crippen LogP contribution in [0.2, 0.25) is 0 Å². The largest absolute Gasteiger partial charge is 0.342 e. The Bertz CT molecular complexity index is 1150. The Morgan fingerprint density at radius 3 is 2.46 bits per heavy atom. The van der Waals surface area contributed by atoms with Gasteiger partial charge >= 0.3 is 5.69 Å². The number of halogens is 1. The summed E-state index contributed by atoms with van der Waals surface area (Å²) in [6, 6.07) is 6.17. The van der Waals surface area contributed by atoms with Crippen molar-refractivity contribution in [3.05, 3.63) is 56.5 Å². The van der Waals surface area contributed by atoms with Gasteiger partial charge in [-0.05, 0) is 24.8 Å². The van der Waals surface area contributed by atoms with Crippen molar-refractivity contribution < 1.29 is 4.39 Å². The Kier molecular flexibility index (Phi) is 4.56. The highest BCUT2D eigenvalue weighted by Gasteiger charge is 2.24. The minimum Gasteiger partial charge on any atom is -0.342 e. The van der Waals surface area contributed by atoms with Crippen LogP contribution in [0, 0.1) is 11.7 Å². The lowest BCUT2D eigenvalue weighted by atomic mass is 10.00. The molecule has 1 aliphatic rings. The third kappa shape index (κ3) is 2.93. The lowest BCUT2D eigenvalue weighted by Gasteiger charge is -2.30. The average molecular weight is 385 g/mol. The fourth-order valence-electron chi connectivity index (χ4n) is 3.86. The highest BCUT2D eigenvalue weighted by atomic mass is 19.1. The lowest BCUT2D eigenvalue weighted by Crippen LogP contribution is -2.40. The van der Waals surface area contributed by atoms with E-state index in [0.29, 0.717) is 28.6 Å². The molecule has 3 aromatic rings. The van der Waals surface area contributed by atoms with Gasteiger partial charge in [-0.25, -0.2) is 9.18 Å². The normalized spacial score (nSPS) is 15.5. The van der Waals surface area contributed by atoms with E-state index in [0.717, 1.165) is 30.5 Å². The van der Waals surface area contributed by atoms with Crippen molar-refractivity contribution in [2.45, 2.75) is 26.3 Å². The molecule has 1 aromatic carbocycles. The first-order chi connectivity index (χ1) is 13.4. The van der Waals surface area contributed by atoms with Crippen molar-refractivity contribution in [1.82, 2.24) is 18.7 Å². The average Bonchev–Trinajstić information content (AvgIpc) is 3.03. The van der Waals surface area contributed by atoms with Gasteiger partial charge in [-0.15, -0.1) is 0 Å². The summed E-state index contributed by atoms with van der Waals surface area (Å²) in [4.78, 5) is 32.7. The molecule has 2 aromatic heterocycles. The first-order valence-corrected chi connectivity index (χ1v) is 9.53. The summed E-state index contributed by atoms with van der Waals surface area (Å²) < 4.78 is 18.3. The monoisotopic (exact) mass is 385 g/mol. The smallest absolute Gasteiger partial charge is 0.332 e. The Hall–Kier alpha value is -2.90. The van der Waals surface area contributed by atoms with Crippen molar-refractivity contribution in [1.29, 1.82) is 0 Å². The fourth-order valence-corrected chi connectivity index (χ4v) is 3.86. The van der Waals surface area contributed by atoms with E-state index >= 15 is 0 Å². The molecule has 1 saturated heterocycles. The number of rotatable bonds is 3. The molecule has 3 heterocycles. The molecular weight excluding hydrogens is 361 g/mol. The Labute approximate surface area is 161 Å². The minimum atomic E-state index is -0.502. The van der Waals surface area contributed by atoms with Crippen LogP contribution in [0.15, 0.2) is 33.9 Å². The highest BCUT2D eigenvalue weighted by Crippen LogP contribution is 2.24. The number of piperidine rings is 1. The molecule has 0 radical (unpaired) electrons. The van der Waals surface area contributed by atoms with Crippen LogP contribution in [0.3, 0.4) is 0 Å². The summed E-state index contributed by atoms with van der Waals surface area (Å²) in [6.45, 7) is 3.86. The molecule has 4 rings (SSSR count). The first kappa shape index (κ1) is 18.5. The van der Waals surface area contributed by atoms with Crippen LogP contribution in [0.4, 0.5) is 10.3 Å². The second kappa shape index (κ2) is 6.92. The number of nitrogens with zero attached hydrogens (tertiary/aromatic N) is 5. The molecule has 0 N–H and O–H groups in total. The summed E-state index contributed by atoms with van der Waals surface area (Å²) >= 11 is 0. The van der Waals surface area contributed by atoms with Crippen LogP contribution in [-0.4, -0.2) is 31.8 Å². The number of aromatic nitrogens is 4. The maximum absolute atomic E-state index is 14.1. The van der Waals surface area contributed by atoms with Crippen molar-refractivity contribution in [3.63, 3.8) is 0 Å². The van der Waals surface area contributed by atoms with Crippen LogP contribution in [0.1, 0.15) is 25.3 Å². The number of imidazole rings is 1. The topological polar surface area (TPSA) is 65.1 Å². The van der Waals surface area contributed by atoms with Crippen molar-refractivity contribution in [2.24, 2.45) is 20.0 Å². The number of benzene rings is 1. The molecule has 0 spiro atoms. The molecule has 0 atom stereocenters. The molecule has 1 aliphatic heterocycles. The van der Waals surface area contributed by atoms with E-state index in [-0.39, 0.29) is 6.54 Å². The zero-order chi connectivity index (χ0) is 20.0. The highest BCUT2D eigenvalue weighted by molar-refractivity contribution is 5.74. The van der Waals surface area contributed by atoms with Crippen LogP contribution in [0.25, 0.3) is 11.2 Å². The van der Waals surface area contributed by atoms with E-state index in [2.05, 4.69) is 16.8 Å². The van der Waals surface area contributed by atoms with E-state index in [9.17, 15) is 14.0 Å². The van der Waals surface area contributed by atoms with Crippen LogP contribution in [-0.2, 0) is 20.6 Å². The van der Waals surface area contributed by atoms with Crippen molar-refractivity contribution in [2.75, 3.05) is 18.0 Å². The standard InChI is InChI=1S/C20H24FN5O2/c1-13-8-10-25(11-9-13)19-22-17-16(23(19)2)18(27)26(20(28)24(17)3)12-14-6-4-5-7-15(14)21/h4-7,13H,8-12H2,1-3H3. The molecule has 0 amide bonds. The van der Waals surface area contributed by atoms with Crippen LogP contribution >= 0.6 is 0 Å². The predicted octanol–water partition coefficient (Wildman–Crippen LogP) is 1.86. The quantitative estimate of drug-likeness (QED) is 0.690. The van der Waals surface area contributed by atoms with Gasteiger partial charge in [0.05, 0.1) is 6.54 Å². The number of hydrogen-bond donors (Lipinski definition) is 0. The number of fused-ring (bicyclic) bond motifs is 1. The van der Waals surface area contributed by atoms with Gasteiger partial charge in [0.1, 0.15) is 5.82 Å². The number of aryl methyl sites for hydroxylation is 2. The molecule has 0 saturated carbocycles. The zero-order valence-electron chi connectivity index (χ0n) is 16.4. The van der Waals surface area contributed by atoms with Gasteiger partial charge in [0, 0.05) is 32.7 Å². The minimum absolute atomic E-state index is 0.115. The maximum atomic E-state index is 14.1. The van der Waals surface area contributed by atoms with Gasteiger partial charge in [0.2, 0.25) is 5.95 Å². The van der Waals surface area contributed by atoms with Crippen molar-refractivity contribution >= 4 is 17.1 Å². The second-order valence-electron chi connectivity index (χ2n) is 7.64. The number of hydrogen-bond acceptors (Lipinski definition) is 4. The summed E-state index contributed by atoms with van der Waals surface area (Å²) in [5.41, 5.74) is 0.0575. The van der Waals surface area contributed by atoms with Crippen molar-refractivity contribution in [3.8, 4) is 0 Å². The Balaban J connectivity index is 1.85. The maximum Gasteiger partial charge on any atom is 0.332 e. The van der Waals surface area contributed by atoms with Gasteiger partial charge in [0.25, 0.3) is 5.56 Å². The van der Waals surface area contributed by atoms with Gasteiger partial charge in [-0.2, -0.15) is 4.98 Å². The third-order valence-corrected chi connectivity index (χ3v) is 5.69. The first-order valence-electron chi connectivity index (χ1n) is 9.53. The lowest BCUT2D eigenvalue weighted by molar-refractivity contribution is 0.433. The van der Waals surface area contributed by atoms with Crippen LogP contribution < -0.4 is 16.1 Å². The summed E-state index contributed by atoms with van der Waals surface area (Å²) in [6.07, 6.45) is 2.14. The number of anilines is 1. The van der Waals surface area contributed by atoms with Gasteiger partial charge in [0.15, 0.2) is 11.2 Å². The molecular formula is C20H24FN5O2. The third-order valence-electron chi connectivity index (χ3n) is 5.69. The van der Waals surface area contributed by atoms with E-state index in [1.54, 1.807) is 36.9 Å².